The van der Waals surface area contributed by atoms with Gasteiger partial charge in [-0.3, -0.25) is 9.10 Å². The molecule has 0 bridgehead atoms. The van der Waals surface area contributed by atoms with Crippen molar-refractivity contribution in [2.75, 3.05) is 40.9 Å². The Hall–Kier alpha value is -2.75. The Balaban J connectivity index is 1.92. The summed E-state index contributed by atoms with van der Waals surface area (Å²) in [6.45, 7) is 0.325. The zero-order valence-corrected chi connectivity index (χ0v) is 16.6. The maximum absolute atomic E-state index is 13.1. The minimum absolute atomic E-state index is 0.00835. The maximum atomic E-state index is 13.1. The topological polar surface area (TPSA) is 69.7 Å². The summed E-state index contributed by atoms with van der Waals surface area (Å²) in [5.41, 5.74) is 0.0349. The molecule has 0 spiro atoms. The van der Waals surface area contributed by atoms with Crippen LogP contribution in [0.4, 0.5) is 30.2 Å². The number of carbonyl (C=O) groups is 1. The Labute approximate surface area is 167 Å². The average molecular weight is 427 g/mol. The van der Waals surface area contributed by atoms with Crippen LogP contribution in [0.2, 0.25) is 0 Å². The SMILES string of the molecule is CN(C)c1ccc(C(F)(F)F)cc1NC(=O)c1cccc(N2CCCS2(=O)=O)c1. The van der Waals surface area contributed by atoms with Crippen molar-refractivity contribution in [2.24, 2.45) is 0 Å². The molecule has 0 saturated carbocycles. The second-order valence-corrected chi connectivity index (χ2v) is 8.88. The van der Waals surface area contributed by atoms with E-state index in [1.165, 1.54) is 28.6 Å². The highest BCUT2D eigenvalue weighted by molar-refractivity contribution is 7.93. The molecule has 0 radical (unpaired) electrons. The lowest BCUT2D eigenvalue weighted by molar-refractivity contribution is -0.137. The van der Waals surface area contributed by atoms with Gasteiger partial charge in [0.05, 0.1) is 28.4 Å². The summed E-state index contributed by atoms with van der Waals surface area (Å²) in [4.78, 5) is 14.3. The van der Waals surface area contributed by atoms with Crippen LogP contribution in [0.3, 0.4) is 0 Å². The summed E-state index contributed by atoms with van der Waals surface area (Å²) in [6, 6.07) is 9.12. The summed E-state index contributed by atoms with van der Waals surface area (Å²) in [7, 11) is -0.112. The number of carbonyl (C=O) groups excluding carboxylic acids is 1. The van der Waals surface area contributed by atoms with Gasteiger partial charge in [0.1, 0.15) is 0 Å². The number of amides is 1. The van der Waals surface area contributed by atoms with Gasteiger partial charge in [-0.25, -0.2) is 8.42 Å². The van der Waals surface area contributed by atoms with E-state index in [4.69, 9.17) is 0 Å². The van der Waals surface area contributed by atoms with Gasteiger partial charge in [0.15, 0.2) is 0 Å². The van der Waals surface area contributed by atoms with Crippen molar-refractivity contribution in [3.63, 3.8) is 0 Å². The molecule has 10 heteroatoms. The van der Waals surface area contributed by atoms with E-state index in [9.17, 15) is 26.4 Å². The fraction of sp³-hybridized carbons (Fsp3) is 0.316. The number of nitrogens with one attached hydrogen (secondary N) is 1. The zero-order valence-electron chi connectivity index (χ0n) is 15.8. The van der Waals surface area contributed by atoms with Crippen LogP contribution >= 0.6 is 0 Å². The van der Waals surface area contributed by atoms with E-state index < -0.39 is 27.7 Å². The average Bonchev–Trinajstić information content (AvgIpc) is 3.00. The van der Waals surface area contributed by atoms with Crippen molar-refractivity contribution in [1.29, 1.82) is 0 Å². The first-order chi connectivity index (χ1) is 13.5. The Kier molecular flexibility index (Phi) is 5.48. The standard InChI is InChI=1S/C19H20F3N3O3S/c1-24(2)17-8-7-14(19(20,21)22)12-16(17)23-18(26)13-5-3-6-15(11-13)25-9-4-10-29(25,27)28/h3,5-8,11-12H,4,9-10H2,1-2H3,(H,23,26). The first-order valence-electron chi connectivity index (χ1n) is 8.79. The number of hydrogen-bond acceptors (Lipinski definition) is 4. The second kappa shape index (κ2) is 7.58. The van der Waals surface area contributed by atoms with Gasteiger partial charge in [0.2, 0.25) is 10.0 Å². The molecule has 1 N–H and O–H groups in total. The molecule has 1 aliphatic rings. The highest BCUT2D eigenvalue weighted by Crippen LogP contribution is 2.35. The minimum atomic E-state index is -4.55. The van der Waals surface area contributed by atoms with Crippen LogP contribution in [0, 0.1) is 0 Å². The van der Waals surface area contributed by atoms with Gasteiger partial charge in [0.25, 0.3) is 5.91 Å². The summed E-state index contributed by atoms with van der Waals surface area (Å²) >= 11 is 0. The fourth-order valence-corrected chi connectivity index (χ4v) is 4.69. The number of benzene rings is 2. The van der Waals surface area contributed by atoms with E-state index in [-0.39, 0.29) is 17.0 Å². The van der Waals surface area contributed by atoms with Crippen molar-refractivity contribution in [3.05, 3.63) is 53.6 Å². The minimum Gasteiger partial charge on any atom is -0.376 e. The quantitative estimate of drug-likeness (QED) is 0.810. The van der Waals surface area contributed by atoms with Crippen LogP contribution in [0.1, 0.15) is 22.3 Å². The number of halogens is 3. The lowest BCUT2D eigenvalue weighted by atomic mass is 10.1. The lowest BCUT2D eigenvalue weighted by Gasteiger charge is -2.20. The summed E-state index contributed by atoms with van der Waals surface area (Å²) in [6.07, 6.45) is -4.05. The highest BCUT2D eigenvalue weighted by atomic mass is 32.2. The Bertz CT molecular complexity index is 1040. The molecule has 156 valence electrons. The van der Waals surface area contributed by atoms with E-state index >= 15 is 0 Å². The van der Waals surface area contributed by atoms with E-state index in [2.05, 4.69) is 5.32 Å². The van der Waals surface area contributed by atoms with Crippen LogP contribution in [0.5, 0.6) is 0 Å². The van der Waals surface area contributed by atoms with Gasteiger partial charge < -0.3 is 10.2 Å². The number of rotatable bonds is 4. The molecule has 1 amide bonds. The second-order valence-electron chi connectivity index (χ2n) is 6.87. The molecule has 0 atom stereocenters. The monoisotopic (exact) mass is 427 g/mol. The summed E-state index contributed by atoms with van der Waals surface area (Å²) < 4.78 is 64.6. The van der Waals surface area contributed by atoms with Gasteiger partial charge in [-0.2, -0.15) is 13.2 Å². The first-order valence-corrected chi connectivity index (χ1v) is 10.4. The Morgan fingerprint density at radius 1 is 1.14 bits per heavy atom. The van der Waals surface area contributed by atoms with Crippen LogP contribution in [-0.4, -0.2) is 40.7 Å². The number of sulfonamides is 1. The normalized spacial score (nSPS) is 16.0. The Morgan fingerprint density at radius 3 is 2.45 bits per heavy atom. The van der Waals surface area contributed by atoms with E-state index in [1.54, 1.807) is 25.1 Å². The van der Waals surface area contributed by atoms with Gasteiger partial charge in [-0.1, -0.05) is 6.07 Å². The molecular weight excluding hydrogens is 407 g/mol. The third-order valence-electron chi connectivity index (χ3n) is 4.55. The number of alkyl halides is 3. The number of anilines is 3. The molecular formula is C19H20F3N3O3S. The number of nitrogens with zero attached hydrogens (tertiary/aromatic N) is 2. The van der Waals surface area contributed by atoms with Gasteiger partial charge >= 0.3 is 6.18 Å². The van der Waals surface area contributed by atoms with Crippen LogP contribution in [-0.2, 0) is 16.2 Å². The third kappa shape index (κ3) is 4.47. The molecule has 0 unspecified atom stereocenters. The predicted molar refractivity (Wildman–Crippen MR) is 106 cm³/mol. The van der Waals surface area contributed by atoms with Gasteiger partial charge in [0, 0.05) is 26.2 Å². The van der Waals surface area contributed by atoms with Crippen LogP contribution < -0.4 is 14.5 Å². The molecule has 2 aromatic rings. The third-order valence-corrected chi connectivity index (χ3v) is 6.42. The van der Waals surface area contributed by atoms with Gasteiger partial charge in [-0.05, 0) is 42.8 Å². The molecule has 1 fully saturated rings. The molecule has 0 aromatic heterocycles. The maximum Gasteiger partial charge on any atom is 0.416 e. The van der Waals surface area contributed by atoms with Crippen molar-refractivity contribution in [3.8, 4) is 0 Å². The van der Waals surface area contributed by atoms with Crippen molar-refractivity contribution in [1.82, 2.24) is 0 Å². The lowest BCUT2D eigenvalue weighted by Crippen LogP contribution is -2.25. The summed E-state index contributed by atoms with van der Waals surface area (Å²) in [5, 5.41) is 2.51. The van der Waals surface area contributed by atoms with E-state index in [0.717, 1.165) is 12.1 Å². The predicted octanol–water partition coefficient (Wildman–Crippen LogP) is 3.56. The van der Waals surface area contributed by atoms with Crippen LogP contribution in [0.15, 0.2) is 42.5 Å². The molecule has 1 heterocycles. The van der Waals surface area contributed by atoms with Crippen molar-refractivity contribution >= 4 is 33.0 Å². The van der Waals surface area contributed by atoms with E-state index in [0.29, 0.717) is 24.3 Å². The van der Waals surface area contributed by atoms with Gasteiger partial charge in [-0.15, -0.1) is 0 Å². The Morgan fingerprint density at radius 2 is 1.86 bits per heavy atom. The van der Waals surface area contributed by atoms with E-state index in [1.807, 2.05) is 0 Å². The highest BCUT2D eigenvalue weighted by Gasteiger charge is 2.32. The molecule has 3 rings (SSSR count). The van der Waals surface area contributed by atoms with Crippen LogP contribution in [0.25, 0.3) is 0 Å². The van der Waals surface area contributed by atoms with Crippen molar-refractivity contribution in [2.45, 2.75) is 12.6 Å². The van der Waals surface area contributed by atoms with Crippen molar-refractivity contribution < 1.29 is 26.4 Å². The molecule has 6 nitrogen and oxygen atoms in total. The fourth-order valence-electron chi connectivity index (χ4n) is 3.13. The molecule has 29 heavy (non-hydrogen) atoms. The zero-order chi connectivity index (χ0) is 21.4. The molecule has 2 aromatic carbocycles. The smallest absolute Gasteiger partial charge is 0.376 e. The summed E-state index contributed by atoms with van der Waals surface area (Å²) in [5.74, 6) is -0.592. The molecule has 1 saturated heterocycles. The number of hydrogen-bond donors (Lipinski definition) is 1. The molecule has 1 aliphatic heterocycles. The largest absolute Gasteiger partial charge is 0.416 e. The molecule has 0 aliphatic carbocycles. The first kappa shape index (κ1) is 21.0.